The maximum Gasteiger partial charge on any atom is 0.146 e. The van der Waals surface area contributed by atoms with Crippen LogP contribution in [-0.4, -0.2) is 39.7 Å². The third-order valence-electron chi connectivity index (χ3n) is 4.80. The van der Waals surface area contributed by atoms with Crippen LogP contribution < -0.4 is 5.73 Å². The lowest BCUT2D eigenvalue weighted by Gasteiger charge is -2.24. The van der Waals surface area contributed by atoms with Crippen LogP contribution in [0.2, 0.25) is 0 Å². The number of aromatic amines is 1. The monoisotopic (exact) mass is 359 g/mol. The average Bonchev–Trinajstić information content (AvgIpc) is 3.10. The van der Waals surface area contributed by atoms with E-state index in [1.807, 2.05) is 13.0 Å². The van der Waals surface area contributed by atoms with Crippen molar-refractivity contribution in [1.82, 2.24) is 20.1 Å². The number of nitrogens with one attached hydrogen (secondary N) is 1. The highest BCUT2D eigenvalue weighted by molar-refractivity contribution is 5.85. The van der Waals surface area contributed by atoms with Gasteiger partial charge in [-0.1, -0.05) is 13.3 Å². The van der Waals surface area contributed by atoms with Gasteiger partial charge >= 0.3 is 0 Å². The van der Waals surface area contributed by atoms with Crippen molar-refractivity contribution in [2.24, 2.45) is 0 Å². The summed E-state index contributed by atoms with van der Waals surface area (Å²) in [5.74, 6) is 0.0156. The van der Waals surface area contributed by atoms with Crippen molar-refractivity contribution < 1.29 is 7.24 Å². The Kier molecular flexibility index (Phi) is 5.83. The normalized spacial score (nSPS) is 14.9. The zero-order valence-corrected chi connectivity index (χ0v) is 15.4. The van der Waals surface area contributed by atoms with Gasteiger partial charge in [0.25, 0.3) is 0 Å². The van der Waals surface area contributed by atoms with Gasteiger partial charge in [-0.25, -0.2) is 4.39 Å². The summed E-state index contributed by atoms with van der Waals surface area (Å²) in [6.45, 7) is 8.01. The zero-order valence-electron chi connectivity index (χ0n) is 15.4. The summed E-state index contributed by atoms with van der Waals surface area (Å²) in [6.07, 6.45) is 6.08. The largest absolute Gasteiger partial charge is 0.382 e. The number of nitrogens with two attached hydrogens (primary N) is 1. The molecule has 1 saturated heterocycles. The zero-order chi connectivity index (χ0) is 18.5. The van der Waals surface area contributed by atoms with Crippen LogP contribution in [-0.2, 0) is 0 Å². The number of rotatable bonds is 2. The van der Waals surface area contributed by atoms with Gasteiger partial charge in [-0.3, -0.25) is 0 Å². The Morgan fingerprint density at radius 2 is 1.96 bits per heavy atom. The van der Waals surface area contributed by atoms with Gasteiger partial charge < -0.3 is 15.6 Å². The average molecular weight is 359 g/mol. The molecule has 142 valence electrons. The van der Waals surface area contributed by atoms with E-state index >= 15 is 0 Å². The van der Waals surface area contributed by atoms with Gasteiger partial charge in [0.1, 0.15) is 11.6 Å². The molecule has 0 atom stereocenters. The number of aromatic nitrogens is 3. The first kappa shape index (κ1) is 18.3. The Morgan fingerprint density at radius 1 is 1.19 bits per heavy atom. The minimum atomic E-state index is -0.315. The summed E-state index contributed by atoms with van der Waals surface area (Å²) in [5.41, 5.74) is 8.15. The number of fused-ring (bicyclic) bond motifs is 1. The Balaban J connectivity index is 0.000000336. The number of anilines is 1. The molecule has 0 unspecified atom stereocenters. The number of hydrogen-bond donors (Lipinski definition) is 2. The predicted octanol–water partition coefficient (Wildman–Crippen LogP) is 4.64. The fourth-order valence-corrected chi connectivity index (χ4v) is 3.30. The molecule has 1 aliphatic rings. The van der Waals surface area contributed by atoms with Crippen molar-refractivity contribution in [3.8, 4) is 11.3 Å². The molecular weight excluding hydrogens is 329 g/mol. The molecule has 0 saturated carbocycles. The van der Waals surface area contributed by atoms with Gasteiger partial charge in [-0.05, 0) is 69.2 Å². The molecule has 4 rings (SSSR count). The van der Waals surface area contributed by atoms with Gasteiger partial charge in [0, 0.05) is 25.5 Å². The number of hydrogen-bond acceptors (Lipinski definition) is 4. The molecule has 0 amide bonds. The van der Waals surface area contributed by atoms with Gasteiger partial charge in [-0.2, -0.15) is 0 Å². The highest BCUT2D eigenvalue weighted by Gasteiger charge is 2.12. The standard InChI is InChI=1S/C13H11FN4.C7H15N.2H2/c1-7-4-12(15)17-18-13(7)9-6-11-8(2-3-16-11)5-10(9)14;1-2-8-6-4-3-5-7-8;;/h2-6,16H,1H3,(H2,15,17);2-7H2,1H3;2*1H. The number of benzene rings is 1. The first-order chi connectivity index (χ1) is 12.6. The summed E-state index contributed by atoms with van der Waals surface area (Å²) in [5, 5.41) is 8.58. The Bertz CT molecular complexity index is 878. The highest BCUT2D eigenvalue weighted by Crippen LogP contribution is 2.28. The Hall–Kier alpha value is -2.47. The smallest absolute Gasteiger partial charge is 0.146 e. The van der Waals surface area contributed by atoms with Crippen molar-refractivity contribution in [1.29, 1.82) is 0 Å². The maximum atomic E-state index is 14.1. The number of halogens is 1. The third kappa shape index (κ3) is 4.19. The molecule has 1 fully saturated rings. The number of piperidine rings is 1. The van der Waals surface area contributed by atoms with Crippen LogP contribution in [0.1, 0.15) is 34.6 Å². The van der Waals surface area contributed by atoms with Crippen LogP contribution in [0.5, 0.6) is 0 Å². The Labute approximate surface area is 156 Å². The lowest BCUT2D eigenvalue weighted by atomic mass is 10.1. The number of H-pyrrole nitrogens is 1. The quantitative estimate of drug-likeness (QED) is 0.699. The van der Waals surface area contributed by atoms with Crippen molar-refractivity contribution in [2.45, 2.75) is 33.1 Å². The van der Waals surface area contributed by atoms with Crippen LogP contribution in [0.4, 0.5) is 10.2 Å². The van der Waals surface area contributed by atoms with Crippen LogP contribution in [0, 0.1) is 12.7 Å². The first-order valence-electron chi connectivity index (χ1n) is 9.17. The van der Waals surface area contributed by atoms with E-state index in [2.05, 4.69) is 27.0 Å². The number of aryl methyl sites for hydroxylation is 1. The second kappa shape index (κ2) is 8.27. The molecule has 3 N–H and O–H groups in total. The van der Waals surface area contributed by atoms with E-state index in [-0.39, 0.29) is 8.67 Å². The molecule has 3 aromatic rings. The first-order valence-corrected chi connectivity index (χ1v) is 9.17. The molecule has 0 aliphatic carbocycles. The van der Waals surface area contributed by atoms with Crippen molar-refractivity contribution in [2.75, 3.05) is 25.4 Å². The van der Waals surface area contributed by atoms with E-state index in [1.54, 1.807) is 18.3 Å². The molecule has 6 heteroatoms. The SMILES string of the molecule is CCN1CCCCC1.Cc1cc(N)nnc1-c1cc2[nH]ccc2cc1F.[HH].[HH]. The van der Waals surface area contributed by atoms with E-state index in [1.165, 1.54) is 45.0 Å². The molecular formula is C20H30FN5. The predicted molar refractivity (Wildman–Crippen MR) is 109 cm³/mol. The molecule has 26 heavy (non-hydrogen) atoms. The molecule has 0 radical (unpaired) electrons. The molecule has 3 heterocycles. The van der Waals surface area contributed by atoms with Crippen molar-refractivity contribution >= 4 is 16.7 Å². The van der Waals surface area contributed by atoms with Gasteiger partial charge in [0.05, 0.1) is 5.69 Å². The minimum Gasteiger partial charge on any atom is -0.382 e. The highest BCUT2D eigenvalue weighted by atomic mass is 19.1. The van der Waals surface area contributed by atoms with Crippen LogP contribution in [0.15, 0.2) is 30.5 Å². The number of nitrogens with zero attached hydrogens (tertiary/aromatic N) is 3. The molecule has 1 aromatic carbocycles. The summed E-state index contributed by atoms with van der Waals surface area (Å²) in [4.78, 5) is 5.57. The van der Waals surface area contributed by atoms with Crippen LogP contribution >= 0.6 is 0 Å². The minimum absolute atomic E-state index is 0. The third-order valence-corrected chi connectivity index (χ3v) is 4.80. The fourth-order valence-electron chi connectivity index (χ4n) is 3.30. The van der Waals surface area contributed by atoms with Gasteiger partial charge in [0.15, 0.2) is 0 Å². The van der Waals surface area contributed by atoms with E-state index in [0.717, 1.165) is 16.5 Å². The van der Waals surface area contributed by atoms with Gasteiger partial charge in [0.2, 0.25) is 0 Å². The number of likely N-dealkylation sites (tertiary alicyclic amines) is 1. The van der Waals surface area contributed by atoms with E-state index in [9.17, 15) is 4.39 Å². The topological polar surface area (TPSA) is 70.8 Å². The maximum absolute atomic E-state index is 14.1. The summed E-state index contributed by atoms with van der Waals surface area (Å²) in [7, 11) is 0. The van der Waals surface area contributed by atoms with E-state index in [0.29, 0.717) is 17.1 Å². The second-order valence-corrected chi connectivity index (χ2v) is 6.69. The molecule has 0 spiro atoms. The van der Waals surface area contributed by atoms with E-state index in [4.69, 9.17) is 5.73 Å². The van der Waals surface area contributed by atoms with Crippen molar-refractivity contribution in [3.05, 3.63) is 41.8 Å². The van der Waals surface area contributed by atoms with Crippen LogP contribution in [0.25, 0.3) is 22.2 Å². The van der Waals surface area contributed by atoms with Crippen molar-refractivity contribution in [3.63, 3.8) is 0 Å². The molecule has 1 aliphatic heterocycles. The lowest BCUT2D eigenvalue weighted by molar-refractivity contribution is 0.240. The molecule has 0 bridgehead atoms. The summed E-state index contributed by atoms with van der Waals surface area (Å²) < 4.78 is 14.1. The number of nitrogen functional groups attached to an aromatic ring is 1. The van der Waals surface area contributed by atoms with Crippen LogP contribution in [0.3, 0.4) is 0 Å². The molecule has 5 nitrogen and oxygen atoms in total. The molecule has 2 aromatic heterocycles. The van der Waals surface area contributed by atoms with E-state index < -0.39 is 0 Å². The summed E-state index contributed by atoms with van der Waals surface area (Å²) >= 11 is 0. The lowest BCUT2D eigenvalue weighted by Crippen LogP contribution is -2.29. The Morgan fingerprint density at radius 3 is 2.62 bits per heavy atom. The fraction of sp³-hybridized carbons (Fsp3) is 0.400. The van der Waals surface area contributed by atoms with Gasteiger partial charge in [-0.15, -0.1) is 10.2 Å². The summed E-state index contributed by atoms with van der Waals surface area (Å²) in [6, 6.07) is 6.72. The second-order valence-electron chi connectivity index (χ2n) is 6.69.